The third-order valence-corrected chi connectivity index (χ3v) is 2.76. The molecule has 0 spiro atoms. The largest absolute Gasteiger partial charge is 0.384 e. The van der Waals surface area contributed by atoms with Crippen LogP contribution in [0.2, 0.25) is 0 Å². The number of para-hydroxylation sites is 1. The Kier molecular flexibility index (Phi) is 2.44. The van der Waals surface area contributed by atoms with E-state index in [1.807, 2.05) is 26.0 Å². The van der Waals surface area contributed by atoms with E-state index in [2.05, 4.69) is 11.4 Å². The molecule has 0 aliphatic carbocycles. The molecule has 0 saturated heterocycles. The Morgan fingerprint density at radius 2 is 2.14 bits per heavy atom. The number of benzene rings is 1. The lowest BCUT2D eigenvalue weighted by Crippen LogP contribution is -2.04. The molecule has 0 radical (unpaired) electrons. The highest BCUT2D eigenvalue weighted by Crippen LogP contribution is 2.35. The van der Waals surface area contributed by atoms with E-state index in [1.165, 1.54) is 5.56 Å². The van der Waals surface area contributed by atoms with Gasteiger partial charge in [0.25, 0.3) is 0 Å². The molecule has 76 valence electrons. The molecule has 1 aliphatic rings. The van der Waals surface area contributed by atoms with Crippen molar-refractivity contribution in [2.75, 3.05) is 11.9 Å². The van der Waals surface area contributed by atoms with E-state index >= 15 is 0 Å². The minimum absolute atomic E-state index is 0.0453. The van der Waals surface area contributed by atoms with Gasteiger partial charge in [-0.2, -0.15) is 0 Å². The topological polar surface area (TPSA) is 12.0 Å². The predicted molar refractivity (Wildman–Crippen MR) is 57.3 cm³/mol. The summed E-state index contributed by atoms with van der Waals surface area (Å²) >= 11 is 0. The SMILES string of the molecule is CC(C)C(F)c1cccc2c1NCC2. The summed E-state index contributed by atoms with van der Waals surface area (Å²) in [6, 6.07) is 5.92. The minimum Gasteiger partial charge on any atom is -0.384 e. The average Bonchev–Trinajstić information content (AvgIpc) is 2.63. The fourth-order valence-electron chi connectivity index (χ4n) is 1.96. The number of nitrogens with one attached hydrogen (secondary N) is 1. The summed E-state index contributed by atoms with van der Waals surface area (Å²) in [7, 11) is 0. The van der Waals surface area contributed by atoms with Gasteiger partial charge < -0.3 is 5.32 Å². The lowest BCUT2D eigenvalue weighted by Gasteiger charge is -2.16. The highest BCUT2D eigenvalue weighted by atomic mass is 19.1. The van der Waals surface area contributed by atoms with Gasteiger partial charge >= 0.3 is 0 Å². The van der Waals surface area contributed by atoms with Crippen LogP contribution in [0.4, 0.5) is 10.1 Å². The van der Waals surface area contributed by atoms with E-state index in [0.29, 0.717) is 0 Å². The van der Waals surface area contributed by atoms with Crippen molar-refractivity contribution < 1.29 is 4.39 Å². The Labute approximate surface area is 84.3 Å². The molecular weight excluding hydrogens is 177 g/mol. The normalized spacial score (nSPS) is 16.6. The smallest absolute Gasteiger partial charge is 0.129 e. The van der Waals surface area contributed by atoms with Gasteiger partial charge in [0.15, 0.2) is 0 Å². The van der Waals surface area contributed by atoms with Crippen LogP contribution in [-0.2, 0) is 6.42 Å². The van der Waals surface area contributed by atoms with Crippen molar-refractivity contribution in [3.8, 4) is 0 Å². The average molecular weight is 193 g/mol. The lowest BCUT2D eigenvalue weighted by molar-refractivity contribution is 0.262. The Bertz CT molecular complexity index is 333. The third-order valence-electron chi connectivity index (χ3n) is 2.76. The van der Waals surface area contributed by atoms with Gasteiger partial charge in [-0.1, -0.05) is 32.0 Å². The summed E-state index contributed by atoms with van der Waals surface area (Å²) in [5.41, 5.74) is 3.12. The number of halogens is 1. The second kappa shape index (κ2) is 3.60. The molecule has 1 aromatic rings. The first kappa shape index (κ1) is 9.50. The summed E-state index contributed by atoms with van der Waals surface area (Å²) in [6.45, 7) is 4.77. The highest BCUT2D eigenvalue weighted by molar-refractivity contribution is 5.61. The number of rotatable bonds is 2. The van der Waals surface area contributed by atoms with Crippen LogP contribution in [0.15, 0.2) is 18.2 Å². The van der Waals surface area contributed by atoms with Crippen molar-refractivity contribution in [1.82, 2.24) is 0 Å². The summed E-state index contributed by atoms with van der Waals surface area (Å²) < 4.78 is 13.9. The van der Waals surface area contributed by atoms with E-state index < -0.39 is 6.17 Å². The van der Waals surface area contributed by atoms with Crippen LogP contribution in [0.1, 0.15) is 31.1 Å². The number of alkyl halides is 1. The van der Waals surface area contributed by atoms with E-state index in [0.717, 1.165) is 24.2 Å². The van der Waals surface area contributed by atoms with E-state index in [-0.39, 0.29) is 5.92 Å². The molecule has 0 amide bonds. The fourth-order valence-corrected chi connectivity index (χ4v) is 1.96. The lowest BCUT2D eigenvalue weighted by atomic mass is 9.97. The molecule has 0 aromatic heterocycles. The zero-order valence-corrected chi connectivity index (χ0v) is 8.68. The zero-order chi connectivity index (χ0) is 10.1. The first-order valence-electron chi connectivity index (χ1n) is 5.20. The standard InChI is InChI=1S/C12H16FN/c1-8(2)11(13)10-5-3-4-9-6-7-14-12(9)10/h3-5,8,11,14H,6-7H2,1-2H3. The quantitative estimate of drug-likeness (QED) is 0.759. The van der Waals surface area contributed by atoms with E-state index in [1.54, 1.807) is 0 Å². The highest BCUT2D eigenvalue weighted by Gasteiger charge is 2.21. The van der Waals surface area contributed by atoms with Crippen molar-refractivity contribution in [3.63, 3.8) is 0 Å². The summed E-state index contributed by atoms with van der Waals surface area (Å²) in [5.74, 6) is 0.0453. The van der Waals surface area contributed by atoms with Gasteiger partial charge in [0.2, 0.25) is 0 Å². The van der Waals surface area contributed by atoms with Gasteiger partial charge in [-0.3, -0.25) is 0 Å². The van der Waals surface area contributed by atoms with Crippen LogP contribution < -0.4 is 5.32 Å². The molecule has 2 rings (SSSR count). The van der Waals surface area contributed by atoms with Gasteiger partial charge in [-0.15, -0.1) is 0 Å². The van der Waals surface area contributed by atoms with Crippen LogP contribution in [0.5, 0.6) is 0 Å². The first-order valence-corrected chi connectivity index (χ1v) is 5.20. The van der Waals surface area contributed by atoms with Crippen LogP contribution in [0.25, 0.3) is 0 Å². The second-order valence-corrected chi connectivity index (χ2v) is 4.20. The Hall–Kier alpha value is -1.05. The van der Waals surface area contributed by atoms with Crippen molar-refractivity contribution in [3.05, 3.63) is 29.3 Å². The predicted octanol–water partition coefficient (Wildman–Crippen LogP) is 3.32. The molecule has 1 N–H and O–H groups in total. The van der Waals surface area contributed by atoms with Gasteiger partial charge in [0.05, 0.1) is 0 Å². The van der Waals surface area contributed by atoms with Crippen molar-refractivity contribution in [2.24, 2.45) is 5.92 Å². The molecule has 14 heavy (non-hydrogen) atoms. The molecule has 1 aliphatic heterocycles. The monoisotopic (exact) mass is 193 g/mol. The zero-order valence-electron chi connectivity index (χ0n) is 8.68. The van der Waals surface area contributed by atoms with Crippen LogP contribution >= 0.6 is 0 Å². The Balaban J connectivity index is 2.39. The first-order chi connectivity index (χ1) is 6.70. The number of hydrogen-bond donors (Lipinski definition) is 1. The van der Waals surface area contributed by atoms with Crippen molar-refractivity contribution in [1.29, 1.82) is 0 Å². The van der Waals surface area contributed by atoms with Gasteiger partial charge in [0.1, 0.15) is 6.17 Å². The molecule has 1 aromatic carbocycles. The Morgan fingerprint density at radius 1 is 1.36 bits per heavy atom. The maximum atomic E-state index is 13.9. The summed E-state index contributed by atoms with van der Waals surface area (Å²) in [5, 5.41) is 3.26. The van der Waals surface area contributed by atoms with Gasteiger partial charge in [-0.05, 0) is 17.9 Å². The van der Waals surface area contributed by atoms with E-state index in [4.69, 9.17) is 0 Å². The minimum atomic E-state index is -0.851. The molecule has 2 heteroatoms. The Morgan fingerprint density at radius 3 is 2.86 bits per heavy atom. The molecule has 1 heterocycles. The van der Waals surface area contributed by atoms with Crippen LogP contribution in [0.3, 0.4) is 0 Å². The molecule has 0 bridgehead atoms. The molecular formula is C12H16FN. The molecule has 1 nitrogen and oxygen atoms in total. The number of hydrogen-bond acceptors (Lipinski definition) is 1. The molecule has 1 atom stereocenters. The summed E-state index contributed by atoms with van der Waals surface area (Å²) in [6.07, 6.45) is 0.170. The number of anilines is 1. The molecule has 0 saturated carbocycles. The van der Waals surface area contributed by atoms with Gasteiger partial charge in [-0.25, -0.2) is 4.39 Å². The van der Waals surface area contributed by atoms with Crippen molar-refractivity contribution in [2.45, 2.75) is 26.4 Å². The summed E-state index contributed by atoms with van der Waals surface area (Å²) in [4.78, 5) is 0. The third kappa shape index (κ3) is 1.49. The van der Waals surface area contributed by atoms with Gasteiger partial charge in [0, 0.05) is 17.8 Å². The fraction of sp³-hybridized carbons (Fsp3) is 0.500. The van der Waals surface area contributed by atoms with Crippen LogP contribution in [0, 0.1) is 5.92 Å². The maximum absolute atomic E-state index is 13.9. The number of fused-ring (bicyclic) bond motifs is 1. The van der Waals surface area contributed by atoms with Crippen molar-refractivity contribution >= 4 is 5.69 Å². The molecule has 1 unspecified atom stereocenters. The van der Waals surface area contributed by atoms with Crippen LogP contribution in [-0.4, -0.2) is 6.54 Å². The van der Waals surface area contributed by atoms with E-state index in [9.17, 15) is 4.39 Å². The second-order valence-electron chi connectivity index (χ2n) is 4.20. The molecule has 0 fully saturated rings. The maximum Gasteiger partial charge on any atom is 0.129 e.